The molecule has 0 aliphatic heterocycles. The summed E-state index contributed by atoms with van der Waals surface area (Å²) in [5, 5.41) is 11.3. The van der Waals surface area contributed by atoms with E-state index in [0.29, 0.717) is 30.0 Å². The number of aromatic nitrogens is 1. The molecule has 1 aromatic rings. The Morgan fingerprint density at radius 1 is 1.67 bits per heavy atom. The number of carbonyl (C=O) groups is 1. The van der Waals surface area contributed by atoms with Crippen LogP contribution in [-0.4, -0.2) is 17.4 Å². The van der Waals surface area contributed by atoms with Gasteiger partial charge < -0.3 is 5.32 Å². The van der Waals surface area contributed by atoms with E-state index in [1.165, 1.54) is 12.4 Å². The minimum atomic E-state index is -0.236. The smallest absolute Gasteiger partial charge is 0.252 e. The molecular weight excluding hydrogens is 214 g/mol. The van der Waals surface area contributed by atoms with Gasteiger partial charge in [0.2, 0.25) is 0 Å². The van der Waals surface area contributed by atoms with Gasteiger partial charge in [0.1, 0.15) is 0 Å². The topological polar surface area (TPSA) is 65.8 Å². The molecule has 0 atom stereocenters. The fourth-order valence-electron chi connectivity index (χ4n) is 1.02. The summed E-state index contributed by atoms with van der Waals surface area (Å²) in [7, 11) is 0. The van der Waals surface area contributed by atoms with Crippen LogP contribution in [0.4, 0.5) is 0 Å². The third kappa shape index (κ3) is 3.56. The van der Waals surface area contributed by atoms with Crippen molar-refractivity contribution in [3.8, 4) is 6.07 Å². The lowest BCUT2D eigenvalue weighted by molar-refractivity contribution is 0.0953. The number of pyridine rings is 1. The van der Waals surface area contributed by atoms with Crippen LogP contribution < -0.4 is 5.32 Å². The molecule has 0 aliphatic carbocycles. The molecule has 5 heteroatoms. The summed E-state index contributed by atoms with van der Waals surface area (Å²) in [5.41, 5.74) is 0.406. The quantitative estimate of drug-likeness (QED) is 0.792. The molecular formula is C10H10ClN3O. The van der Waals surface area contributed by atoms with Crippen LogP contribution in [0.1, 0.15) is 23.2 Å². The third-order valence-electron chi connectivity index (χ3n) is 1.77. The van der Waals surface area contributed by atoms with Gasteiger partial charge in [0, 0.05) is 25.4 Å². The van der Waals surface area contributed by atoms with Crippen LogP contribution in [0, 0.1) is 11.3 Å². The van der Waals surface area contributed by atoms with E-state index < -0.39 is 0 Å². The highest BCUT2D eigenvalue weighted by Gasteiger charge is 2.08. The monoisotopic (exact) mass is 223 g/mol. The molecule has 0 aliphatic rings. The van der Waals surface area contributed by atoms with Crippen LogP contribution in [0.5, 0.6) is 0 Å². The maximum absolute atomic E-state index is 11.5. The minimum absolute atomic E-state index is 0.236. The predicted molar refractivity (Wildman–Crippen MR) is 56.4 cm³/mol. The zero-order valence-electron chi connectivity index (χ0n) is 8.03. The van der Waals surface area contributed by atoms with Crippen molar-refractivity contribution in [1.29, 1.82) is 5.26 Å². The zero-order valence-corrected chi connectivity index (χ0v) is 8.79. The summed E-state index contributed by atoms with van der Waals surface area (Å²) in [6, 6.07) is 3.56. The Balaban J connectivity index is 2.48. The Morgan fingerprint density at radius 2 is 2.47 bits per heavy atom. The number of nitriles is 1. The molecule has 0 spiro atoms. The molecule has 0 aromatic carbocycles. The van der Waals surface area contributed by atoms with Crippen molar-refractivity contribution < 1.29 is 4.79 Å². The van der Waals surface area contributed by atoms with E-state index in [1.807, 2.05) is 6.07 Å². The Kier molecular flexibility index (Phi) is 4.58. The van der Waals surface area contributed by atoms with Gasteiger partial charge in [-0.25, -0.2) is 0 Å². The Labute approximate surface area is 92.9 Å². The van der Waals surface area contributed by atoms with Crippen LogP contribution in [-0.2, 0) is 0 Å². The molecule has 4 nitrogen and oxygen atoms in total. The van der Waals surface area contributed by atoms with Crippen molar-refractivity contribution in [2.75, 3.05) is 6.54 Å². The van der Waals surface area contributed by atoms with Crippen LogP contribution in [0.3, 0.4) is 0 Å². The van der Waals surface area contributed by atoms with E-state index in [1.54, 1.807) is 6.07 Å². The molecule has 1 aromatic heterocycles. The largest absolute Gasteiger partial charge is 0.352 e. The summed E-state index contributed by atoms with van der Waals surface area (Å²) in [6.07, 6.45) is 4.01. The van der Waals surface area contributed by atoms with E-state index in [0.717, 1.165) is 0 Å². The molecule has 0 saturated carbocycles. The first-order valence-electron chi connectivity index (χ1n) is 4.50. The van der Waals surface area contributed by atoms with Crippen molar-refractivity contribution in [3.05, 3.63) is 29.0 Å². The number of hydrogen-bond acceptors (Lipinski definition) is 3. The lowest BCUT2D eigenvalue weighted by Crippen LogP contribution is -2.24. The van der Waals surface area contributed by atoms with Crippen molar-refractivity contribution in [2.45, 2.75) is 12.8 Å². The number of hydrogen-bond donors (Lipinski definition) is 1. The highest BCUT2D eigenvalue weighted by atomic mass is 35.5. The van der Waals surface area contributed by atoms with Crippen molar-refractivity contribution >= 4 is 17.5 Å². The molecule has 0 saturated heterocycles. The number of carbonyl (C=O) groups excluding carboxylic acids is 1. The second-order valence-electron chi connectivity index (χ2n) is 2.87. The van der Waals surface area contributed by atoms with E-state index in [4.69, 9.17) is 16.9 Å². The third-order valence-corrected chi connectivity index (χ3v) is 2.07. The molecule has 1 amide bonds. The Hall–Kier alpha value is -1.60. The van der Waals surface area contributed by atoms with Gasteiger partial charge in [-0.1, -0.05) is 11.6 Å². The fourth-order valence-corrected chi connectivity index (χ4v) is 1.23. The van der Waals surface area contributed by atoms with Crippen molar-refractivity contribution in [3.63, 3.8) is 0 Å². The molecule has 0 unspecified atom stereocenters. The van der Waals surface area contributed by atoms with Crippen LogP contribution in [0.25, 0.3) is 0 Å². The predicted octanol–water partition coefficient (Wildman–Crippen LogP) is 1.77. The lowest BCUT2D eigenvalue weighted by atomic mass is 10.2. The normalized spacial score (nSPS) is 9.33. The first-order valence-corrected chi connectivity index (χ1v) is 4.88. The van der Waals surface area contributed by atoms with Gasteiger partial charge in [0.25, 0.3) is 5.91 Å². The van der Waals surface area contributed by atoms with Gasteiger partial charge in [-0.15, -0.1) is 0 Å². The Bertz CT molecular complexity index is 386. The average Bonchev–Trinajstić information content (AvgIpc) is 2.25. The molecule has 1 rings (SSSR count). The molecule has 15 heavy (non-hydrogen) atoms. The second kappa shape index (κ2) is 5.99. The van der Waals surface area contributed by atoms with E-state index in [9.17, 15) is 4.79 Å². The van der Waals surface area contributed by atoms with E-state index in [2.05, 4.69) is 10.3 Å². The van der Waals surface area contributed by atoms with Gasteiger partial charge in [0.15, 0.2) is 0 Å². The van der Waals surface area contributed by atoms with Crippen LogP contribution >= 0.6 is 11.6 Å². The summed E-state index contributed by atoms with van der Waals surface area (Å²) >= 11 is 5.78. The van der Waals surface area contributed by atoms with Crippen LogP contribution in [0.15, 0.2) is 18.5 Å². The number of nitrogens with one attached hydrogen (secondary N) is 1. The zero-order chi connectivity index (χ0) is 11.1. The second-order valence-corrected chi connectivity index (χ2v) is 3.28. The number of unbranched alkanes of at least 4 members (excludes halogenated alkanes) is 1. The molecule has 0 bridgehead atoms. The SMILES string of the molecule is N#CCCCNC(=O)c1ccncc1Cl. The lowest BCUT2D eigenvalue weighted by Gasteiger charge is -2.04. The molecule has 1 N–H and O–H groups in total. The minimum Gasteiger partial charge on any atom is -0.352 e. The average molecular weight is 224 g/mol. The van der Waals surface area contributed by atoms with Crippen LogP contribution in [0.2, 0.25) is 5.02 Å². The van der Waals surface area contributed by atoms with Gasteiger partial charge >= 0.3 is 0 Å². The molecule has 1 heterocycles. The standard InChI is InChI=1S/C10H10ClN3O/c11-9-7-13-6-3-8(9)10(15)14-5-2-1-4-12/h3,6-7H,1-2,5H2,(H,14,15). The highest BCUT2D eigenvalue weighted by molar-refractivity contribution is 6.33. The first kappa shape index (κ1) is 11.5. The van der Waals surface area contributed by atoms with Gasteiger partial charge in [-0.05, 0) is 12.5 Å². The number of rotatable bonds is 4. The fraction of sp³-hybridized carbons (Fsp3) is 0.300. The van der Waals surface area contributed by atoms with E-state index in [-0.39, 0.29) is 5.91 Å². The molecule has 78 valence electrons. The maximum atomic E-state index is 11.5. The number of amides is 1. The highest BCUT2D eigenvalue weighted by Crippen LogP contribution is 2.12. The maximum Gasteiger partial charge on any atom is 0.252 e. The van der Waals surface area contributed by atoms with E-state index >= 15 is 0 Å². The van der Waals surface area contributed by atoms with Gasteiger partial charge in [0.05, 0.1) is 16.7 Å². The summed E-state index contributed by atoms with van der Waals surface area (Å²) in [4.78, 5) is 15.3. The summed E-state index contributed by atoms with van der Waals surface area (Å²) in [6.45, 7) is 0.477. The van der Waals surface area contributed by atoms with Crippen molar-refractivity contribution in [1.82, 2.24) is 10.3 Å². The molecule has 0 radical (unpaired) electrons. The summed E-state index contributed by atoms with van der Waals surface area (Å²) < 4.78 is 0. The van der Waals surface area contributed by atoms with Gasteiger partial charge in [-0.2, -0.15) is 5.26 Å². The number of nitrogens with zero attached hydrogens (tertiary/aromatic N) is 2. The first-order chi connectivity index (χ1) is 7.25. The Morgan fingerprint density at radius 3 is 3.13 bits per heavy atom. The number of halogens is 1. The van der Waals surface area contributed by atoms with Crippen molar-refractivity contribution in [2.24, 2.45) is 0 Å². The summed E-state index contributed by atoms with van der Waals surface area (Å²) in [5.74, 6) is -0.236. The van der Waals surface area contributed by atoms with Gasteiger partial charge in [-0.3, -0.25) is 9.78 Å². The molecule has 0 fully saturated rings.